The monoisotopic (exact) mass is 241 g/mol. The highest BCUT2D eigenvalue weighted by Crippen LogP contribution is 2.16. The minimum absolute atomic E-state index is 0.408. The van der Waals surface area contributed by atoms with Crippen molar-refractivity contribution in [3.8, 4) is 0 Å². The number of unbranched alkanes of at least 4 members (excludes halogenated alkanes) is 1. The Morgan fingerprint density at radius 3 is 2.76 bits per heavy atom. The molecule has 1 aliphatic rings. The van der Waals surface area contributed by atoms with Crippen LogP contribution in [0.25, 0.3) is 0 Å². The summed E-state index contributed by atoms with van der Waals surface area (Å²) in [5.74, 6) is -0.481. The number of hydrazone groups is 1. The second kappa shape index (κ2) is 5.28. The first-order valence-corrected chi connectivity index (χ1v) is 5.23. The molecule has 5 amide bonds. The van der Waals surface area contributed by atoms with Gasteiger partial charge < -0.3 is 11.1 Å². The summed E-state index contributed by atoms with van der Waals surface area (Å²) in [6, 6.07) is -1.41. The van der Waals surface area contributed by atoms with Crippen molar-refractivity contribution in [1.82, 2.24) is 16.1 Å². The fourth-order valence-electron chi connectivity index (χ4n) is 1.50. The molecule has 1 atom stereocenters. The first kappa shape index (κ1) is 12.9. The number of hydrogen-bond acceptors (Lipinski definition) is 4. The predicted octanol–water partition coefficient (Wildman–Crippen LogP) is -0.591. The van der Waals surface area contributed by atoms with Crippen LogP contribution in [-0.4, -0.2) is 29.7 Å². The zero-order valence-corrected chi connectivity index (χ0v) is 9.45. The summed E-state index contributed by atoms with van der Waals surface area (Å²) < 4.78 is 0. The molecule has 5 N–H and O–H groups in total. The summed E-state index contributed by atoms with van der Waals surface area (Å²) in [6.07, 6.45) is 3.19. The first-order valence-electron chi connectivity index (χ1n) is 5.23. The van der Waals surface area contributed by atoms with Gasteiger partial charge in [0.2, 0.25) is 0 Å². The van der Waals surface area contributed by atoms with E-state index in [1.54, 1.807) is 0 Å². The first-order chi connectivity index (χ1) is 8.00. The van der Waals surface area contributed by atoms with Crippen LogP contribution in [-0.2, 0) is 4.79 Å². The third-order valence-electron chi connectivity index (χ3n) is 2.35. The lowest BCUT2D eigenvalue weighted by atomic mass is 9.94. The van der Waals surface area contributed by atoms with E-state index in [9.17, 15) is 14.4 Å². The van der Waals surface area contributed by atoms with Crippen molar-refractivity contribution < 1.29 is 14.4 Å². The molecule has 0 aromatic rings. The number of urea groups is 2. The average molecular weight is 241 g/mol. The van der Waals surface area contributed by atoms with Gasteiger partial charge in [-0.15, -0.1) is 0 Å². The van der Waals surface area contributed by atoms with Gasteiger partial charge in [-0.1, -0.05) is 19.8 Å². The number of hydrogen-bond donors (Lipinski definition) is 4. The summed E-state index contributed by atoms with van der Waals surface area (Å²) in [4.78, 5) is 33.2. The lowest BCUT2D eigenvalue weighted by Gasteiger charge is -2.20. The average Bonchev–Trinajstić information content (AvgIpc) is 2.51. The molecule has 0 bridgehead atoms. The van der Waals surface area contributed by atoms with Gasteiger partial charge in [0.25, 0.3) is 5.91 Å². The van der Waals surface area contributed by atoms with E-state index < -0.39 is 23.5 Å². The molecule has 1 rings (SSSR count). The van der Waals surface area contributed by atoms with Crippen LogP contribution >= 0.6 is 0 Å². The second-order valence-electron chi connectivity index (χ2n) is 3.72. The van der Waals surface area contributed by atoms with Gasteiger partial charge in [0.05, 0.1) is 6.21 Å². The van der Waals surface area contributed by atoms with Crippen LogP contribution in [0, 0.1) is 0 Å². The molecular weight excluding hydrogens is 226 g/mol. The number of nitrogens with one attached hydrogen (secondary N) is 3. The van der Waals surface area contributed by atoms with Gasteiger partial charge in [-0.25, -0.2) is 15.0 Å². The summed E-state index contributed by atoms with van der Waals surface area (Å²) in [7, 11) is 0. The minimum Gasteiger partial charge on any atom is -0.350 e. The van der Waals surface area contributed by atoms with E-state index in [1.807, 2.05) is 12.3 Å². The second-order valence-corrected chi connectivity index (χ2v) is 3.72. The molecule has 0 aliphatic carbocycles. The lowest BCUT2D eigenvalue weighted by molar-refractivity contribution is -0.121. The van der Waals surface area contributed by atoms with Crippen LogP contribution in [0.15, 0.2) is 5.10 Å². The van der Waals surface area contributed by atoms with Crippen molar-refractivity contribution in [2.24, 2.45) is 10.8 Å². The summed E-state index contributed by atoms with van der Waals surface area (Å²) in [5, 5.41) is 8.15. The fraction of sp³-hybridized carbons (Fsp3) is 0.556. The number of carbonyl (C=O) groups is 3. The van der Waals surface area contributed by atoms with Crippen LogP contribution < -0.4 is 21.8 Å². The van der Waals surface area contributed by atoms with Crippen LogP contribution in [0.3, 0.4) is 0 Å². The number of primary amides is 1. The Hall–Kier alpha value is -2.12. The van der Waals surface area contributed by atoms with Crippen molar-refractivity contribution in [1.29, 1.82) is 0 Å². The largest absolute Gasteiger partial charge is 0.350 e. The number of imide groups is 1. The van der Waals surface area contributed by atoms with E-state index in [1.165, 1.54) is 6.21 Å². The third-order valence-corrected chi connectivity index (χ3v) is 2.35. The Morgan fingerprint density at radius 1 is 1.59 bits per heavy atom. The smallest absolute Gasteiger partial charge is 0.332 e. The van der Waals surface area contributed by atoms with Crippen molar-refractivity contribution in [3.05, 3.63) is 0 Å². The molecule has 1 saturated heterocycles. The van der Waals surface area contributed by atoms with Gasteiger partial charge in [-0.2, -0.15) is 5.10 Å². The van der Waals surface area contributed by atoms with Crippen molar-refractivity contribution in [2.45, 2.75) is 31.7 Å². The number of nitrogens with two attached hydrogens (primary N) is 1. The van der Waals surface area contributed by atoms with Gasteiger partial charge in [0.1, 0.15) is 0 Å². The molecule has 8 nitrogen and oxygen atoms in total. The Morgan fingerprint density at radius 2 is 2.29 bits per heavy atom. The van der Waals surface area contributed by atoms with Gasteiger partial charge in [0.15, 0.2) is 5.54 Å². The van der Waals surface area contributed by atoms with Gasteiger partial charge in [-0.3, -0.25) is 10.1 Å². The van der Waals surface area contributed by atoms with Gasteiger partial charge in [0, 0.05) is 0 Å². The van der Waals surface area contributed by atoms with Crippen molar-refractivity contribution >= 4 is 24.2 Å². The van der Waals surface area contributed by atoms with Crippen LogP contribution in [0.5, 0.6) is 0 Å². The maximum atomic E-state index is 11.7. The maximum absolute atomic E-state index is 11.7. The Kier molecular flexibility index (Phi) is 4.02. The van der Waals surface area contributed by atoms with E-state index in [4.69, 9.17) is 5.73 Å². The summed E-state index contributed by atoms with van der Waals surface area (Å²) in [6.45, 7) is 1.96. The molecule has 0 aromatic heterocycles. The fourth-order valence-corrected chi connectivity index (χ4v) is 1.50. The Labute approximate surface area is 98.0 Å². The third kappa shape index (κ3) is 3.16. The molecule has 1 heterocycles. The molecule has 1 unspecified atom stereocenters. The molecule has 17 heavy (non-hydrogen) atoms. The van der Waals surface area contributed by atoms with E-state index in [-0.39, 0.29) is 0 Å². The molecule has 0 saturated carbocycles. The van der Waals surface area contributed by atoms with Crippen LogP contribution in [0.4, 0.5) is 9.59 Å². The van der Waals surface area contributed by atoms with E-state index in [0.29, 0.717) is 6.42 Å². The van der Waals surface area contributed by atoms with Crippen molar-refractivity contribution in [2.75, 3.05) is 0 Å². The highest BCUT2D eigenvalue weighted by atomic mass is 16.2. The van der Waals surface area contributed by atoms with E-state index in [2.05, 4.69) is 15.7 Å². The number of carbonyl (C=O) groups excluding carboxylic acids is 3. The molecule has 0 aromatic carbocycles. The van der Waals surface area contributed by atoms with Gasteiger partial charge >= 0.3 is 12.1 Å². The standard InChI is InChI=1S/C9H15N5O3/c1-2-3-4-9(5-11-14-7(10)16)6(15)12-8(17)13-9/h5H,2-4H2,1H3,(H3,10,14,16)(H2,12,13,15,17)/b11-5+. The topological polar surface area (TPSA) is 126 Å². The highest BCUT2D eigenvalue weighted by molar-refractivity contribution is 6.16. The van der Waals surface area contributed by atoms with E-state index in [0.717, 1.165) is 12.8 Å². The predicted molar refractivity (Wildman–Crippen MR) is 60.1 cm³/mol. The quantitative estimate of drug-likeness (QED) is 0.292. The number of rotatable bonds is 5. The molecule has 1 fully saturated rings. The minimum atomic E-state index is -1.20. The SMILES string of the molecule is CCCCC1(/C=N/NC(N)=O)NC(=O)NC1=O. The van der Waals surface area contributed by atoms with Crippen LogP contribution in [0.2, 0.25) is 0 Å². The molecule has 1 aliphatic heterocycles. The Bertz CT molecular complexity index is 368. The molecular formula is C9H15N5O3. The molecule has 0 radical (unpaired) electrons. The van der Waals surface area contributed by atoms with Crippen molar-refractivity contribution in [3.63, 3.8) is 0 Å². The number of nitrogens with zero attached hydrogens (tertiary/aromatic N) is 1. The zero-order chi connectivity index (χ0) is 12.9. The molecule has 0 spiro atoms. The lowest BCUT2D eigenvalue weighted by Crippen LogP contribution is -2.49. The summed E-state index contributed by atoms with van der Waals surface area (Å²) >= 11 is 0. The molecule has 94 valence electrons. The summed E-state index contributed by atoms with van der Waals surface area (Å²) in [5.41, 5.74) is 5.62. The zero-order valence-electron chi connectivity index (χ0n) is 9.45. The molecule has 8 heteroatoms. The van der Waals surface area contributed by atoms with Gasteiger partial charge in [-0.05, 0) is 6.42 Å². The maximum Gasteiger partial charge on any atom is 0.332 e. The Balaban J connectivity index is 2.79. The van der Waals surface area contributed by atoms with Crippen LogP contribution in [0.1, 0.15) is 26.2 Å². The van der Waals surface area contributed by atoms with E-state index >= 15 is 0 Å². The normalized spacial score (nSPS) is 23.6. The highest BCUT2D eigenvalue weighted by Gasteiger charge is 2.44. The number of amides is 5.